The first-order valence-corrected chi connectivity index (χ1v) is 6.60. The van der Waals surface area contributed by atoms with Crippen molar-refractivity contribution in [3.63, 3.8) is 0 Å². The van der Waals surface area contributed by atoms with Crippen molar-refractivity contribution in [2.24, 2.45) is 11.8 Å². The van der Waals surface area contributed by atoms with Crippen molar-refractivity contribution in [2.75, 3.05) is 26.2 Å². The number of hydrogen-bond acceptors (Lipinski definition) is 4. The summed E-state index contributed by atoms with van der Waals surface area (Å²) >= 11 is 0. The van der Waals surface area contributed by atoms with Crippen LogP contribution in [-0.4, -0.2) is 45.4 Å². The Kier molecular flexibility index (Phi) is 3.43. The van der Waals surface area contributed by atoms with Gasteiger partial charge in [-0.2, -0.15) is 0 Å². The molecule has 19 heavy (non-hydrogen) atoms. The number of halogens is 1. The number of nitrogens with zero attached hydrogens (tertiary/aromatic N) is 4. The summed E-state index contributed by atoms with van der Waals surface area (Å²) in [7, 11) is 0. The number of likely N-dealkylation sites (tertiary alicyclic amines) is 1. The molecule has 1 N–H and O–H groups in total. The van der Waals surface area contributed by atoms with Gasteiger partial charge in [0.05, 0.1) is 5.69 Å². The van der Waals surface area contributed by atoms with Gasteiger partial charge in [0, 0.05) is 38.2 Å². The zero-order valence-corrected chi connectivity index (χ0v) is 11.5. The Hall–Kier alpha value is -1.17. The first-order valence-electron chi connectivity index (χ1n) is 6.60. The largest absolute Gasteiger partial charge is 0.316 e. The van der Waals surface area contributed by atoms with Gasteiger partial charge >= 0.3 is 0 Å². The molecule has 4 heterocycles. The molecule has 6 heteroatoms. The van der Waals surface area contributed by atoms with E-state index in [9.17, 15) is 0 Å². The van der Waals surface area contributed by atoms with Gasteiger partial charge in [0.1, 0.15) is 0 Å². The zero-order chi connectivity index (χ0) is 11.9. The molecule has 0 bridgehead atoms. The number of fused-ring (bicyclic) bond motifs is 2. The van der Waals surface area contributed by atoms with E-state index in [1.165, 1.54) is 26.2 Å². The molecule has 0 saturated carbocycles. The van der Waals surface area contributed by atoms with E-state index in [-0.39, 0.29) is 12.4 Å². The summed E-state index contributed by atoms with van der Waals surface area (Å²) in [5.41, 5.74) is 1.13. The lowest BCUT2D eigenvalue weighted by Crippen LogP contribution is -2.25. The lowest BCUT2D eigenvalue weighted by Gasteiger charge is -2.14. The molecule has 2 atom stereocenters. The average Bonchev–Trinajstić information content (AvgIpc) is 3.01. The third-order valence-corrected chi connectivity index (χ3v) is 4.14. The molecule has 0 aliphatic carbocycles. The fourth-order valence-electron chi connectivity index (χ4n) is 3.27. The SMILES string of the molecule is Cl.c1cnc2nc(CN3C[C@H]4CNC[C@H]4C3)cn2c1. The standard InChI is InChI=1S/C13H17N5.ClH/c1-2-15-13-16-12(9-18(13)3-1)8-17-6-10-4-14-5-11(10)7-17;/h1-3,9-11,14H,4-8H2;1H/t10-,11+;. The summed E-state index contributed by atoms with van der Waals surface area (Å²) in [4.78, 5) is 11.3. The minimum Gasteiger partial charge on any atom is -0.316 e. The van der Waals surface area contributed by atoms with Crippen LogP contribution in [0.4, 0.5) is 0 Å². The summed E-state index contributed by atoms with van der Waals surface area (Å²) in [5, 5.41) is 3.47. The highest BCUT2D eigenvalue weighted by Crippen LogP contribution is 2.27. The lowest BCUT2D eigenvalue weighted by molar-refractivity contribution is 0.302. The molecular formula is C13H18ClN5. The van der Waals surface area contributed by atoms with Gasteiger partial charge in [0.15, 0.2) is 0 Å². The van der Waals surface area contributed by atoms with Crippen molar-refractivity contribution in [3.05, 3.63) is 30.4 Å². The molecule has 2 aromatic heterocycles. The third-order valence-electron chi connectivity index (χ3n) is 4.14. The second-order valence-corrected chi connectivity index (χ2v) is 5.43. The highest BCUT2D eigenvalue weighted by Gasteiger charge is 2.35. The van der Waals surface area contributed by atoms with Crippen molar-refractivity contribution in [2.45, 2.75) is 6.54 Å². The summed E-state index contributed by atoms with van der Waals surface area (Å²) < 4.78 is 1.99. The van der Waals surface area contributed by atoms with E-state index >= 15 is 0 Å². The average molecular weight is 280 g/mol. The maximum Gasteiger partial charge on any atom is 0.233 e. The van der Waals surface area contributed by atoms with Crippen LogP contribution in [0.15, 0.2) is 24.7 Å². The van der Waals surface area contributed by atoms with Gasteiger partial charge in [0.25, 0.3) is 0 Å². The molecule has 0 spiro atoms. The molecule has 102 valence electrons. The normalized spacial score (nSPS) is 26.5. The molecule has 0 amide bonds. The molecule has 2 saturated heterocycles. The van der Waals surface area contributed by atoms with Crippen LogP contribution in [0.1, 0.15) is 5.69 Å². The topological polar surface area (TPSA) is 45.5 Å². The lowest BCUT2D eigenvalue weighted by atomic mass is 10.0. The van der Waals surface area contributed by atoms with Gasteiger partial charge < -0.3 is 5.32 Å². The van der Waals surface area contributed by atoms with E-state index in [4.69, 9.17) is 0 Å². The molecule has 2 fully saturated rings. The van der Waals surface area contributed by atoms with E-state index in [0.29, 0.717) is 0 Å². The van der Waals surface area contributed by atoms with Gasteiger partial charge in [-0.3, -0.25) is 9.30 Å². The van der Waals surface area contributed by atoms with Gasteiger partial charge in [-0.1, -0.05) is 0 Å². The van der Waals surface area contributed by atoms with Crippen LogP contribution >= 0.6 is 12.4 Å². The molecule has 5 nitrogen and oxygen atoms in total. The van der Waals surface area contributed by atoms with Gasteiger partial charge in [0.2, 0.25) is 5.78 Å². The molecule has 0 aromatic carbocycles. The van der Waals surface area contributed by atoms with Crippen LogP contribution in [0.5, 0.6) is 0 Å². The van der Waals surface area contributed by atoms with Crippen molar-refractivity contribution in [1.82, 2.24) is 24.6 Å². The van der Waals surface area contributed by atoms with Crippen molar-refractivity contribution >= 4 is 18.2 Å². The van der Waals surface area contributed by atoms with Crippen LogP contribution < -0.4 is 5.32 Å². The number of rotatable bonds is 2. The minimum atomic E-state index is 0. The Balaban J connectivity index is 0.00000110. The summed E-state index contributed by atoms with van der Waals surface area (Å²) in [5.74, 6) is 2.49. The van der Waals surface area contributed by atoms with Crippen LogP contribution in [0.3, 0.4) is 0 Å². The van der Waals surface area contributed by atoms with Crippen LogP contribution in [0.25, 0.3) is 5.78 Å². The Morgan fingerprint density at radius 2 is 2.05 bits per heavy atom. The van der Waals surface area contributed by atoms with Gasteiger partial charge in [-0.25, -0.2) is 9.97 Å². The van der Waals surface area contributed by atoms with Crippen LogP contribution in [0, 0.1) is 11.8 Å². The molecule has 0 radical (unpaired) electrons. The van der Waals surface area contributed by atoms with Crippen LogP contribution in [-0.2, 0) is 6.54 Å². The number of imidazole rings is 1. The van der Waals surface area contributed by atoms with Gasteiger partial charge in [-0.15, -0.1) is 12.4 Å². The molecule has 4 rings (SSSR count). The molecule has 2 aromatic rings. The van der Waals surface area contributed by atoms with Crippen molar-refractivity contribution in [3.8, 4) is 0 Å². The van der Waals surface area contributed by atoms with E-state index in [1.807, 2.05) is 16.7 Å². The predicted octanol–water partition coefficient (Wildman–Crippen LogP) is 0.802. The quantitative estimate of drug-likeness (QED) is 0.883. The predicted molar refractivity (Wildman–Crippen MR) is 75.4 cm³/mol. The number of hydrogen-bond donors (Lipinski definition) is 1. The Bertz CT molecular complexity index is 524. The summed E-state index contributed by atoms with van der Waals surface area (Å²) in [6.07, 6.45) is 5.88. The Morgan fingerprint density at radius 3 is 2.79 bits per heavy atom. The first kappa shape index (κ1) is 12.8. The van der Waals surface area contributed by atoms with Gasteiger partial charge in [-0.05, 0) is 31.0 Å². The smallest absolute Gasteiger partial charge is 0.233 e. The molecule has 2 aliphatic rings. The first-order chi connectivity index (χ1) is 8.88. The zero-order valence-electron chi connectivity index (χ0n) is 10.7. The summed E-state index contributed by atoms with van der Waals surface area (Å²) in [6.45, 7) is 5.75. The van der Waals surface area contributed by atoms with E-state index in [0.717, 1.165) is 29.9 Å². The molecule has 0 unspecified atom stereocenters. The Morgan fingerprint density at radius 1 is 1.26 bits per heavy atom. The van der Waals surface area contributed by atoms with Crippen molar-refractivity contribution in [1.29, 1.82) is 0 Å². The fraction of sp³-hybridized carbons (Fsp3) is 0.538. The molecule has 2 aliphatic heterocycles. The van der Waals surface area contributed by atoms with Crippen LogP contribution in [0.2, 0.25) is 0 Å². The van der Waals surface area contributed by atoms with Crippen molar-refractivity contribution < 1.29 is 0 Å². The Labute approximate surface area is 118 Å². The second kappa shape index (κ2) is 5.07. The summed E-state index contributed by atoms with van der Waals surface area (Å²) in [6, 6.07) is 1.93. The van der Waals surface area contributed by atoms with E-state index < -0.39 is 0 Å². The maximum absolute atomic E-state index is 4.56. The monoisotopic (exact) mass is 279 g/mol. The maximum atomic E-state index is 4.56. The second-order valence-electron chi connectivity index (χ2n) is 5.43. The third kappa shape index (κ3) is 2.33. The number of nitrogens with one attached hydrogen (secondary N) is 1. The fourth-order valence-corrected chi connectivity index (χ4v) is 3.27. The van der Waals surface area contributed by atoms with E-state index in [1.54, 1.807) is 6.20 Å². The highest BCUT2D eigenvalue weighted by molar-refractivity contribution is 5.85. The minimum absolute atomic E-state index is 0. The van der Waals surface area contributed by atoms with E-state index in [2.05, 4.69) is 26.4 Å². The number of aromatic nitrogens is 3. The highest BCUT2D eigenvalue weighted by atomic mass is 35.5. The molecular weight excluding hydrogens is 262 g/mol.